The Morgan fingerprint density at radius 1 is 1.05 bits per heavy atom. The molecule has 0 heterocycles. The lowest BCUT2D eigenvalue weighted by atomic mass is 10.0. The first kappa shape index (κ1) is 15.4. The maximum absolute atomic E-state index is 6.06. The first-order chi connectivity index (χ1) is 9.49. The molecule has 0 radical (unpaired) electrons. The zero-order valence-corrected chi connectivity index (χ0v) is 13.5. The van der Waals surface area contributed by atoms with Crippen LogP contribution in [0, 0.1) is 13.8 Å². The van der Waals surface area contributed by atoms with Gasteiger partial charge in [0.05, 0.1) is 10.0 Å². The van der Waals surface area contributed by atoms with Crippen molar-refractivity contribution in [1.29, 1.82) is 0 Å². The molecule has 1 nitrogen and oxygen atoms in total. The highest BCUT2D eigenvalue weighted by atomic mass is 35.5. The van der Waals surface area contributed by atoms with Gasteiger partial charge in [-0.1, -0.05) is 47.5 Å². The van der Waals surface area contributed by atoms with Gasteiger partial charge >= 0.3 is 0 Å². The number of benzene rings is 2. The maximum Gasteiger partial charge on any atom is 0.0595 e. The van der Waals surface area contributed by atoms with Crippen LogP contribution in [0.4, 0.5) is 0 Å². The van der Waals surface area contributed by atoms with E-state index in [-0.39, 0.29) is 6.04 Å². The van der Waals surface area contributed by atoms with E-state index in [1.54, 1.807) is 0 Å². The second-order valence-electron chi connectivity index (χ2n) is 5.14. The molecule has 0 fully saturated rings. The molecule has 0 saturated carbocycles. The minimum Gasteiger partial charge on any atom is -0.306 e. The molecule has 3 heteroatoms. The minimum atomic E-state index is 0.227. The van der Waals surface area contributed by atoms with Crippen molar-refractivity contribution in [1.82, 2.24) is 5.32 Å². The van der Waals surface area contributed by atoms with Crippen molar-refractivity contribution < 1.29 is 0 Å². The quantitative estimate of drug-likeness (QED) is 0.790. The van der Waals surface area contributed by atoms with Crippen molar-refractivity contribution in [2.45, 2.75) is 33.4 Å². The number of halogens is 2. The van der Waals surface area contributed by atoms with Crippen molar-refractivity contribution in [3.05, 3.63) is 68.7 Å². The minimum absolute atomic E-state index is 0.227. The Labute approximate surface area is 130 Å². The Morgan fingerprint density at radius 3 is 2.50 bits per heavy atom. The van der Waals surface area contributed by atoms with Crippen LogP contribution >= 0.6 is 23.2 Å². The van der Waals surface area contributed by atoms with Crippen LogP contribution in [0.25, 0.3) is 0 Å². The molecule has 2 rings (SSSR count). The fourth-order valence-electron chi connectivity index (χ4n) is 2.17. The SMILES string of the molecule is Cc1cccc(CNC(C)c2ccc(Cl)c(Cl)c2)c1C. The highest BCUT2D eigenvalue weighted by molar-refractivity contribution is 6.42. The van der Waals surface area contributed by atoms with E-state index in [1.165, 1.54) is 16.7 Å². The first-order valence-corrected chi connectivity index (χ1v) is 7.48. The molecule has 1 unspecified atom stereocenters. The normalized spacial score (nSPS) is 12.4. The van der Waals surface area contributed by atoms with Gasteiger partial charge in [0.1, 0.15) is 0 Å². The molecule has 0 amide bonds. The second-order valence-corrected chi connectivity index (χ2v) is 5.95. The third kappa shape index (κ3) is 3.54. The molecular formula is C17H19Cl2N. The maximum atomic E-state index is 6.06. The number of hydrogen-bond donors (Lipinski definition) is 1. The van der Waals surface area contributed by atoms with E-state index in [2.05, 4.69) is 44.3 Å². The predicted molar refractivity (Wildman–Crippen MR) is 87.6 cm³/mol. The lowest BCUT2D eigenvalue weighted by Gasteiger charge is -2.16. The third-order valence-electron chi connectivity index (χ3n) is 3.76. The van der Waals surface area contributed by atoms with E-state index < -0.39 is 0 Å². The number of aryl methyl sites for hydroxylation is 1. The highest BCUT2D eigenvalue weighted by Gasteiger charge is 2.08. The molecule has 0 spiro atoms. The van der Waals surface area contributed by atoms with Crippen molar-refractivity contribution in [3.8, 4) is 0 Å². The van der Waals surface area contributed by atoms with Crippen LogP contribution in [-0.4, -0.2) is 0 Å². The highest BCUT2D eigenvalue weighted by Crippen LogP contribution is 2.25. The van der Waals surface area contributed by atoms with E-state index >= 15 is 0 Å². The van der Waals surface area contributed by atoms with Crippen LogP contribution in [0.3, 0.4) is 0 Å². The van der Waals surface area contributed by atoms with Gasteiger partial charge in [-0.2, -0.15) is 0 Å². The largest absolute Gasteiger partial charge is 0.306 e. The standard InChI is InChI=1S/C17H19Cl2N/c1-11-5-4-6-15(12(11)2)10-20-13(3)14-7-8-16(18)17(19)9-14/h4-9,13,20H,10H2,1-3H3. The van der Waals surface area contributed by atoms with Gasteiger partial charge in [-0.25, -0.2) is 0 Å². The predicted octanol–water partition coefficient (Wildman–Crippen LogP) is 5.46. The Kier molecular flexibility index (Phi) is 5.09. The van der Waals surface area contributed by atoms with E-state index in [1.807, 2.05) is 18.2 Å². The summed E-state index contributed by atoms with van der Waals surface area (Å²) in [6.45, 7) is 7.27. The van der Waals surface area contributed by atoms with Crippen molar-refractivity contribution in [2.75, 3.05) is 0 Å². The van der Waals surface area contributed by atoms with E-state index in [0.717, 1.165) is 12.1 Å². The van der Waals surface area contributed by atoms with E-state index in [0.29, 0.717) is 10.0 Å². The molecule has 2 aromatic rings. The molecule has 0 bridgehead atoms. The number of hydrogen-bond acceptors (Lipinski definition) is 1. The first-order valence-electron chi connectivity index (χ1n) is 6.72. The molecule has 0 aromatic heterocycles. The molecule has 0 aliphatic rings. The Balaban J connectivity index is 2.06. The summed E-state index contributed by atoms with van der Waals surface area (Å²) in [6.07, 6.45) is 0. The average molecular weight is 308 g/mol. The zero-order valence-electron chi connectivity index (χ0n) is 12.0. The summed E-state index contributed by atoms with van der Waals surface area (Å²) in [7, 11) is 0. The fraction of sp³-hybridized carbons (Fsp3) is 0.294. The molecule has 2 aromatic carbocycles. The van der Waals surface area contributed by atoms with Crippen LogP contribution in [-0.2, 0) is 6.54 Å². The molecule has 20 heavy (non-hydrogen) atoms. The van der Waals surface area contributed by atoms with Gasteiger partial charge < -0.3 is 5.32 Å². The summed E-state index contributed by atoms with van der Waals surface area (Å²) in [5, 5.41) is 4.72. The monoisotopic (exact) mass is 307 g/mol. The van der Waals surface area contributed by atoms with E-state index in [9.17, 15) is 0 Å². The third-order valence-corrected chi connectivity index (χ3v) is 4.50. The second kappa shape index (κ2) is 6.62. The summed E-state index contributed by atoms with van der Waals surface area (Å²) in [6, 6.07) is 12.4. The van der Waals surface area contributed by atoms with Crippen LogP contribution in [0.15, 0.2) is 36.4 Å². The summed E-state index contributed by atoms with van der Waals surface area (Å²) in [4.78, 5) is 0. The van der Waals surface area contributed by atoms with Crippen LogP contribution in [0.1, 0.15) is 35.2 Å². The van der Waals surface area contributed by atoms with Crippen LogP contribution in [0.5, 0.6) is 0 Å². The van der Waals surface area contributed by atoms with E-state index in [4.69, 9.17) is 23.2 Å². The molecule has 106 valence electrons. The molecule has 0 saturated heterocycles. The van der Waals surface area contributed by atoms with Gasteiger partial charge in [0, 0.05) is 12.6 Å². The van der Waals surface area contributed by atoms with Crippen molar-refractivity contribution in [3.63, 3.8) is 0 Å². The Hall–Kier alpha value is -1.02. The van der Waals surface area contributed by atoms with Crippen molar-refractivity contribution in [2.24, 2.45) is 0 Å². The lowest BCUT2D eigenvalue weighted by Crippen LogP contribution is -2.18. The van der Waals surface area contributed by atoms with Gasteiger partial charge in [-0.05, 0) is 55.2 Å². The zero-order chi connectivity index (χ0) is 14.7. The average Bonchev–Trinajstić information content (AvgIpc) is 2.43. The summed E-state index contributed by atoms with van der Waals surface area (Å²) >= 11 is 12.0. The lowest BCUT2D eigenvalue weighted by molar-refractivity contribution is 0.573. The van der Waals surface area contributed by atoms with Crippen LogP contribution in [0.2, 0.25) is 10.0 Å². The fourth-order valence-corrected chi connectivity index (χ4v) is 2.47. The summed E-state index contributed by atoms with van der Waals surface area (Å²) < 4.78 is 0. The Bertz CT molecular complexity index is 608. The van der Waals surface area contributed by atoms with Crippen molar-refractivity contribution >= 4 is 23.2 Å². The number of nitrogens with one attached hydrogen (secondary N) is 1. The summed E-state index contributed by atoms with van der Waals surface area (Å²) in [5.41, 5.74) is 5.15. The summed E-state index contributed by atoms with van der Waals surface area (Å²) in [5.74, 6) is 0. The van der Waals surface area contributed by atoms with Crippen LogP contribution < -0.4 is 5.32 Å². The van der Waals surface area contributed by atoms with Gasteiger partial charge in [0.2, 0.25) is 0 Å². The van der Waals surface area contributed by atoms with Gasteiger partial charge in [-0.3, -0.25) is 0 Å². The molecule has 1 atom stereocenters. The molecule has 1 N–H and O–H groups in total. The molecular weight excluding hydrogens is 289 g/mol. The smallest absolute Gasteiger partial charge is 0.0595 e. The number of rotatable bonds is 4. The van der Waals surface area contributed by atoms with Gasteiger partial charge in [0.25, 0.3) is 0 Å². The Morgan fingerprint density at radius 2 is 1.80 bits per heavy atom. The molecule has 0 aliphatic heterocycles. The van der Waals surface area contributed by atoms with Gasteiger partial charge in [-0.15, -0.1) is 0 Å². The van der Waals surface area contributed by atoms with Gasteiger partial charge in [0.15, 0.2) is 0 Å². The molecule has 0 aliphatic carbocycles. The topological polar surface area (TPSA) is 12.0 Å².